The molecule has 3 nitrogen and oxygen atoms in total. The number of rotatable bonds is 3. The SMILES string of the molecule is Cc1ccc(C(=O)Nc2cc(-c3nc4ccccc4s3)ccc2C)c(Cl)c1. The summed E-state index contributed by atoms with van der Waals surface area (Å²) < 4.78 is 1.14. The molecule has 0 saturated carbocycles. The van der Waals surface area contributed by atoms with Crippen molar-refractivity contribution in [2.45, 2.75) is 13.8 Å². The lowest BCUT2D eigenvalue weighted by atomic mass is 10.1. The lowest BCUT2D eigenvalue weighted by Gasteiger charge is -2.11. The first-order valence-electron chi connectivity index (χ1n) is 8.55. The lowest BCUT2D eigenvalue weighted by molar-refractivity contribution is 0.102. The zero-order valence-electron chi connectivity index (χ0n) is 14.9. The second-order valence-corrected chi connectivity index (χ2v) is 7.89. The monoisotopic (exact) mass is 392 g/mol. The molecule has 0 aliphatic rings. The van der Waals surface area contributed by atoms with E-state index in [1.165, 1.54) is 0 Å². The zero-order chi connectivity index (χ0) is 19.0. The summed E-state index contributed by atoms with van der Waals surface area (Å²) in [6, 6.07) is 19.5. The van der Waals surface area contributed by atoms with Gasteiger partial charge in [0.15, 0.2) is 0 Å². The molecule has 1 N–H and O–H groups in total. The van der Waals surface area contributed by atoms with E-state index >= 15 is 0 Å². The van der Waals surface area contributed by atoms with E-state index in [0.717, 1.165) is 37.6 Å². The fourth-order valence-electron chi connectivity index (χ4n) is 2.88. The van der Waals surface area contributed by atoms with Crippen molar-refractivity contribution in [3.63, 3.8) is 0 Å². The van der Waals surface area contributed by atoms with Gasteiger partial charge in [0, 0.05) is 11.3 Å². The predicted molar refractivity (Wildman–Crippen MR) is 114 cm³/mol. The minimum absolute atomic E-state index is 0.218. The third-order valence-electron chi connectivity index (χ3n) is 4.40. The molecule has 0 radical (unpaired) electrons. The normalized spacial score (nSPS) is 10.9. The van der Waals surface area contributed by atoms with Crippen LogP contribution in [0.2, 0.25) is 5.02 Å². The van der Waals surface area contributed by atoms with Gasteiger partial charge in [0.25, 0.3) is 5.91 Å². The number of aromatic nitrogens is 1. The maximum absolute atomic E-state index is 12.7. The van der Waals surface area contributed by atoms with Crippen molar-refractivity contribution in [3.05, 3.63) is 82.4 Å². The van der Waals surface area contributed by atoms with Gasteiger partial charge in [-0.25, -0.2) is 4.98 Å². The van der Waals surface area contributed by atoms with Crippen molar-refractivity contribution in [2.24, 2.45) is 0 Å². The smallest absolute Gasteiger partial charge is 0.257 e. The van der Waals surface area contributed by atoms with Crippen LogP contribution in [0.1, 0.15) is 21.5 Å². The summed E-state index contributed by atoms with van der Waals surface area (Å²) in [4.78, 5) is 17.4. The predicted octanol–water partition coefficient (Wildman–Crippen LogP) is 6.49. The van der Waals surface area contributed by atoms with Crippen LogP contribution in [0.3, 0.4) is 0 Å². The van der Waals surface area contributed by atoms with Crippen LogP contribution in [-0.4, -0.2) is 10.9 Å². The molecule has 5 heteroatoms. The number of benzene rings is 3. The summed E-state index contributed by atoms with van der Waals surface area (Å²) in [5.74, 6) is -0.218. The Kier molecular flexibility index (Phi) is 4.68. The number of hydrogen-bond acceptors (Lipinski definition) is 3. The number of aryl methyl sites for hydroxylation is 2. The Morgan fingerprint density at radius 2 is 1.85 bits per heavy atom. The molecule has 1 heterocycles. The standard InChI is InChI=1S/C22H17ClN2OS/c1-13-7-10-16(17(23)11-13)21(26)24-19-12-15(9-8-14(19)2)22-25-18-5-3-4-6-20(18)27-22/h3-12H,1-2H3,(H,24,26). The third-order valence-corrected chi connectivity index (χ3v) is 5.79. The maximum atomic E-state index is 12.7. The number of nitrogens with zero attached hydrogens (tertiary/aromatic N) is 1. The number of amides is 1. The van der Waals surface area contributed by atoms with Crippen LogP contribution in [0.4, 0.5) is 5.69 Å². The summed E-state index contributed by atoms with van der Waals surface area (Å²) in [5.41, 5.74) is 5.18. The highest BCUT2D eigenvalue weighted by Crippen LogP contribution is 2.32. The highest BCUT2D eigenvalue weighted by Gasteiger charge is 2.13. The molecule has 27 heavy (non-hydrogen) atoms. The molecule has 0 atom stereocenters. The van der Waals surface area contributed by atoms with E-state index in [0.29, 0.717) is 10.6 Å². The number of carbonyl (C=O) groups excluding carboxylic acids is 1. The van der Waals surface area contributed by atoms with Gasteiger partial charge in [-0.1, -0.05) is 41.9 Å². The van der Waals surface area contributed by atoms with Crippen LogP contribution >= 0.6 is 22.9 Å². The van der Waals surface area contributed by atoms with Crippen LogP contribution in [-0.2, 0) is 0 Å². The van der Waals surface area contributed by atoms with Crippen LogP contribution in [0.5, 0.6) is 0 Å². The second-order valence-electron chi connectivity index (χ2n) is 6.45. The Bertz CT molecular complexity index is 1130. The van der Waals surface area contributed by atoms with Crippen LogP contribution in [0.15, 0.2) is 60.7 Å². The molecular weight excluding hydrogens is 376 g/mol. The minimum Gasteiger partial charge on any atom is -0.322 e. The number of thiazole rings is 1. The number of nitrogens with one attached hydrogen (secondary N) is 1. The fourth-order valence-corrected chi connectivity index (χ4v) is 4.16. The van der Waals surface area contributed by atoms with E-state index in [9.17, 15) is 4.79 Å². The van der Waals surface area contributed by atoms with Gasteiger partial charge in [-0.15, -0.1) is 11.3 Å². The van der Waals surface area contributed by atoms with Crippen molar-refractivity contribution >= 4 is 44.7 Å². The maximum Gasteiger partial charge on any atom is 0.257 e. The van der Waals surface area contributed by atoms with Crippen molar-refractivity contribution in [3.8, 4) is 10.6 Å². The topological polar surface area (TPSA) is 42.0 Å². The Balaban J connectivity index is 1.67. The molecule has 4 aromatic rings. The summed E-state index contributed by atoms with van der Waals surface area (Å²) in [6.07, 6.45) is 0. The van der Waals surface area contributed by atoms with Gasteiger partial charge in [-0.05, 0) is 55.3 Å². The van der Waals surface area contributed by atoms with E-state index in [-0.39, 0.29) is 5.91 Å². The molecule has 3 aromatic carbocycles. The van der Waals surface area contributed by atoms with Gasteiger partial charge in [0.05, 0.1) is 20.8 Å². The third kappa shape index (κ3) is 3.59. The van der Waals surface area contributed by atoms with Gasteiger partial charge < -0.3 is 5.32 Å². The van der Waals surface area contributed by atoms with Crippen molar-refractivity contribution in [1.82, 2.24) is 4.98 Å². The van der Waals surface area contributed by atoms with Crippen molar-refractivity contribution < 1.29 is 4.79 Å². The number of halogens is 1. The van der Waals surface area contributed by atoms with Gasteiger partial charge in [0.2, 0.25) is 0 Å². The molecule has 0 fully saturated rings. The van der Waals surface area contributed by atoms with Gasteiger partial charge in [-0.3, -0.25) is 4.79 Å². The zero-order valence-corrected chi connectivity index (χ0v) is 16.5. The van der Waals surface area contributed by atoms with E-state index in [4.69, 9.17) is 16.6 Å². The Morgan fingerprint density at radius 3 is 2.63 bits per heavy atom. The van der Waals surface area contributed by atoms with Crippen LogP contribution in [0.25, 0.3) is 20.8 Å². The molecule has 0 aliphatic heterocycles. The highest BCUT2D eigenvalue weighted by molar-refractivity contribution is 7.21. The molecule has 0 unspecified atom stereocenters. The van der Waals surface area contributed by atoms with E-state index in [1.54, 1.807) is 23.5 Å². The minimum atomic E-state index is -0.218. The molecule has 0 aliphatic carbocycles. The van der Waals surface area contributed by atoms with Gasteiger partial charge in [0.1, 0.15) is 5.01 Å². The summed E-state index contributed by atoms with van der Waals surface area (Å²) in [7, 11) is 0. The first-order chi connectivity index (χ1) is 13.0. The van der Waals surface area contributed by atoms with Crippen molar-refractivity contribution in [2.75, 3.05) is 5.32 Å². The number of para-hydroxylation sites is 1. The number of hydrogen-bond donors (Lipinski definition) is 1. The molecular formula is C22H17ClN2OS. The number of carbonyl (C=O) groups is 1. The number of anilines is 1. The van der Waals surface area contributed by atoms with Gasteiger partial charge >= 0.3 is 0 Å². The van der Waals surface area contributed by atoms with E-state index in [2.05, 4.69) is 11.4 Å². The van der Waals surface area contributed by atoms with Crippen molar-refractivity contribution in [1.29, 1.82) is 0 Å². The first kappa shape index (κ1) is 17.7. The quantitative estimate of drug-likeness (QED) is 0.433. The highest BCUT2D eigenvalue weighted by atomic mass is 35.5. The number of fused-ring (bicyclic) bond motifs is 1. The molecule has 0 spiro atoms. The first-order valence-corrected chi connectivity index (χ1v) is 9.75. The van der Waals surface area contributed by atoms with E-state index in [1.807, 2.05) is 56.3 Å². The fraction of sp³-hybridized carbons (Fsp3) is 0.0909. The summed E-state index contributed by atoms with van der Waals surface area (Å²) in [6.45, 7) is 3.91. The van der Waals surface area contributed by atoms with Crippen LogP contribution in [0, 0.1) is 13.8 Å². The molecule has 4 rings (SSSR count). The molecule has 1 amide bonds. The molecule has 1 aromatic heterocycles. The average Bonchev–Trinajstić information content (AvgIpc) is 3.07. The van der Waals surface area contributed by atoms with E-state index < -0.39 is 0 Å². The second kappa shape index (κ2) is 7.14. The molecule has 0 saturated heterocycles. The Labute approximate surface area is 166 Å². The Hall–Kier alpha value is -2.69. The average molecular weight is 393 g/mol. The largest absolute Gasteiger partial charge is 0.322 e. The van der Waals surface area contributed by atoms with Gasteiger partial charge in [-0.2, -0.15) is 0 Å². The summed E-state index contributed by atoms with van der Waals surface area (Å²) in [5, 5.41) is 4.37. The molecule has 134 valence electrons. The summed E-state index contributed by atoms with van der Waals surface area (Å²) >= 11 is 7.87. The Morgan fingerprint density at radius 1 is 1.04 bits per heavy atom. The molecule has 0 bridgehead atoms. The van der Waals surface area contributed by atoms with Crippen LogP contribution < -0.4 is 5.32 Å². The lowest BCUT2D eigenvalue weighted by Crippen LogP contribution is -2.13.